The largest absolute Gasteiger partial charge is 0.418 e. The van der Waals surface area contributed by atoms with Crippen molar-refractivity contribution in [3.8, 4) is 10.8 Å². The van der Waals surface area contributed by atoms with E-state index in [1.54, 1.807) is 16.2 Å². The highest BCUT2D eigenvalue weighted by molar-refractivity contribution is 7.13. The summed E-state index contributed by atoms with van der Waals surface area (Å²) in [6.45, 7) is 3.33. The van der Waals surface area contributed by atoms with Gasteiger partial charge in [-0.1, -0.05) is 31.2 Å². The number of thiophene rings is 1. The summed E-state index contributed by atoms with van der Waals surface area (Å²) in [5.41, 5.74) is 1.01. The van der Waals surface area contributed by atoms with E-state index in [9.17, 15) is 4.79 Å². The van der Waals surface area contributed by atoms with Gasteiger partial charge in [-0.2, -0.15) is 0 Å². The van der Waals surface area contributed by atoms with Gasteiger partial charge in [-0.25, -0.2) is 0 Å². The fourth-order valence-electron chi connectivity index (χ4n) is 2.62. The molecule has 2 heterocycles. The van der Waals surface area contributed by atoms with Gasteiger partial charge in [0.15, 0.2) is 0 Å². The third-order valence-electron chi connectivity index (χ3n) is 3.94. The Morgan fingerprint density at radius 1 is 1.15 bits per heavy atom. The number of rotatable bonds is 8. The molecule has 0 radical (unpaired) electrons. The molecule has 3 aromatic rings. The van der Waals surface area contributed by atoms with E-state index in [4.69, 9.17) is 4.42 Å². The molecule has 0 bridgehead atoms. The van der Waals surface area contributed by atoms with Gasteiger partial charge >= 0.3 is 0 Å². The van der Waals surface area contributed by atoms with Crippen molar-refractivity contribution in [2.75, 3.05) is 25.0 Å². The van der Waals surface area contributed by atoms with E-state index in [0.717, 1.165) is 17.0 Å². The average Bonchev–Trinajstić information content (AvgIpc) is 3.33. The summed E-state index contributed by atoms with van der Waals surface area (Å²) in [4.78, 5) is 17.4. The van der Waals surface area contributed by atoms with Crippen molar-refractivity contribution in [2.45, 2.75) is 19.9 Å². The Morgan fingerprint density at radius 3 is 2.65 bits per heavy atom. The molecule has 0 saturated heterocycles. The summed E-state index contributed by atoms with van der Waals surface area (Å²) in [5.74, 6) is 0.993. The third kappa shape index (κ3) is 4.49. The zero-order chi connectivity index (χ0) is 18.4. The van der Waals surface area contributed by atoms with Crippen LogP contribution in [0.2, 0.25) is 0 Å². The van der Waals surface area contributed by atoms with Gasteiger partial charge in [0, 0.05) is 19.3 Å². The van der Waals surface area contributed by atoms with Crippen LogP contribution in [-0.4, -0.2) is 41.1 Å². The summed E-state index contributed by atoms with van der Waals surface area (Å²) in [5, 5.41) is 10.1. The number of amides is 1. The quantitative estimate of drug-likeness (QED) is 0.605. The van der Waals surface area contributed by atoms with E-state index >= 15 is 0 Å². The lowest BCUT2D eigenvalue weighted by atomic mass is 10.3. The molecule has 0 N–H and O–H groups in total. The molecule has 1 aromatic carbocycles. The minimum atomic E-state index is 0.0362. The second-order valence-corrected chi connectivity index (χ2v) is 6.93. The average molecular weight is 370 g/mol. The second kappa shape index (κ2) is 8.62. The SMILES string of the molecule is CCCN(Cc1nnc(-c2cccs2)o1)C(=O)CN(C)c1ccccc1. The smallest absolute Gasteiger partial charge is 0.257 e. The molecule has 0 saturated carbocycles. The molecule has 1 amide bonds. The molecule has 0 fully saturated rings. The number of aromatic nitrogens is 2. The molecule has 0 aliphatic rings. The highest BCUT2D eigenvalue weighted by Crippen LogP contribution is 2.23. The third-order valence-corrected chi connectivity index (χ3v) is 4.80. The number of carbonyl (C=O) groups excluding carboxylic acids is 1. The van der Waals surface area contributed by atoms with E-state index in [1.165, 1.54) is 0 Å². The minimum absolute atomic E-state index is 0.0362. The van der Waals surface area contributed by atoms with Crippen molar-refractivity contribution in [1.29, 1.82) is 0 Å². The first-order chi connectivity index (χ1) is 12.7. The molecule has 0 unspecified atom stereocenters. The Kier molecular flexibility index (Phi) is 6.01. The van der Waals surface area contributed by atoms with Crippen LogP contribution in [0, 0.1) is 0 Å². The number of anilines is 1. The highest BCUT2D eigenvalue weighted by atomic mass is 32.1. The van der Waals surface area contributed by atoms with Crippen LogP contribution >= 0.6 is 11.3 Å². The van der Waals surface area contributed by atoms with Crippen molar-refractivity contribution in [3.05, 3.63) is 53.7 Å². The fourth-order valence-corrected chi connectivity index (χ4v) is 3.26. The maximum atomic E-state index is 12.8. The number of nitrogens with zero attached hydrogens (tertiary/aromatic N) is 4. The lowest BCUT2D eigenvalue weighted by Gasteiger charge is -2.25. The van der Waals surface area contributed by atoms with Crippen molar-refractivity contribution in [2.24, 2.45) is 0 Å². The standard InChI is InChI=1S/C19H22N4O2S/c1-3-11-23(18(24)14-22(2)15-8-5-4-6-9-15)13-17-20-21-19(25-17)16-10-7-12-26-16/h4-10,12H,3,11,13-14H2,1-2H3. The number of para-hydroxylation sites is 1. The zero-order valence-corrected chi connectivity index (χ0v) is 15.8. The van der Waals surface area contributed by atoms with Gasteiger partial charge in [0.25, 0.3) is 5.89 Å². The molecule has 7 heteroatoms. The Bertz CT molecular complexity index is 817. The first-order valence-corrected chi connectivity index (χ1v) is 9.45. The van der Waals surface area contributed by atoms with Crippen LogP contribution in [0.5, 0.6) is 0 Å². The number of hydrogen-bond donors (Lipinski definition) is 0. The van der Waals surface area contributed by atoms with Crippen LogP contribution in [0.15, 0.2) is 52.3 Å². The second-order valence-electron chi connectivity index (χ2n) is 5.99. The summed E-state index contributed by atoms with van der Waals surface area (Å²) in [7, 11) is 1.92. The molecule has 0 atom stereocenters. The van der Waals surface area contributed by atoms with Gasteiger partial charge in [-0.05, 0) is 30.0 Å². The van der Waals surface area contributed by atoms with Crippen LogP contribution < -0.4 is 4.90 Å². The molecule has 0 aliphatic heterocycles. The van der Waals surface area contributed by atoms with Crippen LogP contribution in [0.25, 0.3) is 10.8 Å². The molecule has 26 heavy (non-hydrogen) atoms. The zero-order valence-electron chi connectivity index (χ0n) is 15.0. The van der Waals surface area contributed by atoms with Crippen molar-refractivity contribution in [1.82, 2.24) is 15.1 Å². The predicted molar refractivity (Wildman–Crippen MR) is 103 cm³/mol. The number of hydrogen-bond acceptors (Lipinski definition) is 6. The molecular formula is C19H22N4O2S. The summed E-state index contributed by atoms with van der Waals surface area (Å²) in [6, 6.07) is 13.7. The van der Waals surface area contributed by atoms with Gasteiger partial charge in [0.05, 0.1) is 18.0 Å². The van der Waals surface area contributed by atoms with E-state index in [2.05, 4.69) is 10.2 Å². The van der Waals surface area contributed by atoms with E-state index < -0.39 is 0 Å². The molecule has 0 spiro atoms. The normalized spacial score (nSPS) is 10.7. The number of likely N-dealkylation sites (N-methyl/N-ethyl adjacent to an activating group) is 1. The molecule has 6 nitrogen and oxygen atoms in total. The van der Waals surface area contributed by atoms with Crippen molar-refractivity contribution >= 4 is 22.9 Å². The Morgan fingerprint density at radius 2 is 1.96 bits per heavy atom. The van der Waals surface area contributed by atoms with Crippen LogP contribution in [0.1, 0.15) is 19.2 Å². The van der Waals surface area contributed by atoms with Crippen molar-refractivity contribution in [3.63, 3.8) is 0 Å². The molecule has 2 aromatic heterocycles. The highest BCUT2D eigenvalue weighted by Gasteiger charge is 2.19. The Hall–Kier alpha value is -2.67. The maximum absolute atomic E-state index is 12.8. The van der Waals surface area contributed by atoms with Gasteiger partial charge in [-0.15, -0.1) is 21.5 Å². The van der Waals surface area contributed by atoms with Crippen molar-refractivity contribution < 1.29 is 9.21 Å². The van der Waals surface area contributed by atoms with Gasteiger partial charge in [-0.3, -0.25) is 4.79 Å². The predicted octanol–water partition coefficient (Wildman–Crippen LogP) is 3.67. The summed E-state index contributed by atoms with van der Waals surface area (Å²) < 4.78 is 5.73. The van der Waals surface area contributed by atoms with Gasteiger partial charge < -0.3 is 14.2 Å². The summed E-state index contributed by atoms with van der Waals surface area (Å²) in [6.07, 6.45) is 0.868. The van der Waals surface area contributed by atoms with Gasteiger partial charge in [0.1, 0.15) is 0 Å². The number of benzene rings is 1. The molecule has 136 valence electrons. The van der Waals surface area contributed by atoms with Crippen LogP contribution in [0.4, 0.5) is 5.69 Å². The van der Waals surface area contributed by atoms with Crippen LogP contribution in [-0.2, 0) is 11.3 Å². The lowest BCUT2D eigenvalue weighted by molar-refractivity contribution is -0.130. The minimum Gasteiger partial charge on any atom is -0.418 e. The lowest BCUT2D eigenvalue weighted by Crippen LogP contribution is -2.39. The maximum Gasteiger partial charge on any atom is 0.257 e. The van der Waals surface area contributed by atoms with E-state index in [0.29, 0.717) is 31.4 Å². The number of carbonyl (C=O) groups is 1. The van der Waals surface area contributed by atoms with Gasteiger partial charge in [0.2, 0.25) is 11.8 Å². The summed E-state index contributed by atoms with van der Waals surface area (Å²) >= 11 is 1.55. The Labute approximate surface area is 157 Å². The van der Waals surface area contributed by atoms with E-state index in [-0.39, 0.29) is 5.91 Å². The first kappa shape index (κ1) is 18.1. The first-order valence-electron chi connectivity index (χ1n) is 8.57. The van der Waals surface area contributed by atoms with Crippen LogP contribution in [0.3, 0.4) is 0 Å². The topological polar surface area (TPSA) is 62.5 Å². The molecular weight excluding hydrogens is 348 g/mol. The van der Waals surface area contributed by atoms with E-state index in [1.807, 2.05) is 66.7 Å². The monoisotopic (exact) mass is 370 g/mol. The molecule has 0 aliphatic carbocycles. The fraction of sp³-hybridized carbons (Fsp3) is 0.316. The Balaban J connectivity index is 1.65. The molecule has 3 rings (SSSR count).